The van der Waals surface area contributed by atoms with E-state index in [1.807, 2.05) is 0 Å². The van der Waals surface area contributed by atoms with Crippen molar-refractivity contribution in [2.45, 2.75) is 6.43 Å². The van der Waals surface area contributed by atoms with Crippen molar-refractivity contribution in [3.8, 4) is 0 Å². The van der Waals surface area contributed by atoms with Gasteiger partial charge in [0, 0.05) is 0 Å². The number of alkyl halides is 2. The van der Waals surface area contributed by atoms with Crippen LogP contribution in [0.1, 0.15) is 10.4 Å². The van der Waals surface area contributed by atoms with Gasteiger partial charge >= 0.3 is 6.43 Å². The fourth-order valence-electron chi connectivity index (χ4n) is 0.587. The SMILES string of the molecule is O=C(c1ccsc1Cl)C(F)F. The lowest BCUT2D eigenvalue weighted by atomic mass is 10.2. The van der Waals surface area contributed by atoms with Crippen molar-refractivity contribution in [2.24, 2.45) is 0 Å². The first-order valence-corrected chi connectivity index (χ1v) is 3.94. The van der Waals surface area contributed by atoms with E-state index in [1.165, 1.54) is 11.4 Å². The second-order valence-corrected chi connectivity index (χ2v) is 3.29. The fourth-order valence-corrected chi connectivity index (χ4v) is 1.52. The number of carbonyl (C=O) groups is 1. The third kappa shape index (κ3) is 1.75. The number of ketones is 1. The van der Waals surface area contributed by atoms with E-state index in [0.717, 1.165) is 11.3 Å². The van der Waals surface area contributed by atoms with E-state index in [9.17, 15) is 13.6 Å². The third-order valence-electron chi connectivity index (χ3n) is 1.08. The zero-order valence-corrected chi connectivity index (χ0v) is 6.75. The molecule has 1 aromatic rings. The van der Waals surface area contributed by atoms with Crippen molar-refractivity contribution in [1.29, 1.82) is 0 Å². The molecule has 0 aromatic carbocycles. The summed E-state index contributed by atoms with van der Waals surface area (Å²) >= 11 is 6.50. The van der Waals surface area contributed by atoms with Crippen LogP contribution in [-0.2, 0) is 0 Å². The van der Waals surface area contributed by atoms with Gasteiger partial charge in [0.1, 0.15) is 4.34 Å². The highest BCUT2D eigenvalue weighted by Crippen LogP contribution is 2.24. The molecule has 0 fully saturated rings. The Morgan fingerprint density at radius 3 is 2.64 bits per heavy atom. The molecule has 0 radical (unpaired) electrons. The Morgan fingerprint density at radius 1 is 1.64 bits per heavy atom. The molecular formula is C6H3ClF2OS. The van der Waals surface area contributed by atoms with Crippen LogP contribution in [0.5, 0.6) is 0 Å². The highest BCUT2D eigenvalue weighted by atomic mass is 35.5. The lowest BCUT2D eigenvalue weighted by Crippen LogP contribution is -2.09. The van der Waals surface area contributed by atoms with Gasteiger partial charge in [-0.05, 0) is 11.4 Å². The molecule has 0 unspecified atom stereocenters. The topological polar surface area (TPSA) is 17.1 Å². The highest BCUT2D eigenvalue weighted by molar-refractivity contribution is 7.14. The lowest BCUT2D eigenvalue weighted by molar-refractivity contribution is 0.0679. The van der Waals surface area contributed by atoms with E-state index in [2.05, 4.69) is 0 Å². The van der Waals surface area contributed by atoms with Gasteiger partial charge in [0.25, 0.3) is 0 Å². The second-order valence-electron chi connectivity index (χ2n) is 1.77. The van der Waals surface area contributed by atoms with Crippen molar-refractivity contribution >= 4 is 28.7 Å². The first-order valence-electron chi connectivity index (χ1n) is 2.68. The van der Waals surface area contributed by atoms with Crippen LogP contribution in [0.2, 0.25) is 4.34 Å². The van der Waals surface area contributed by atoms with Crippen molar-refractivity contribution in [3.05, 3.63) is 21.3 Å². The molecular weight excluding hydrogens is 194 g/mol. The van der Waals surface area contributed by atoms with Gasteiger partial charge in [0.05, 0.1) is 5.56 Å². The van der Waals surface area contributed by atoms with Crippen molar-refractivity contribution in [2.75, 3.05) is 0 Å². The Labute approximate surface area is 70.6 Å². The summed E-state index contributed by atoms with van der Waals surface area (Å²) in [6.45, 7) is 0. The molecule has 1 aromatic heterocycles. The Bertz CT molecular complexity index is 271. The van der Waals surface area contributed by atoms with Gasteiger partial charge < -0.3 is 0 Å². The fraction of sp³-hybridized carbons (Fsp3) is 0.167. The number of carbonyl (C=O) groups excluding carboxylic acids is 1. The second kappa shape index (κ2) is 3.28. The minimum absolute atomic E-state index is 0.0910. The Morgan fingerprint density at radius 2 is 2.27 bits per heavy atom. The van der Waals surface area contributed by atoms with Gasteiger partial charge in [0.2, 0.25) is 5.78 Å². The zero-order chi connectivity index (χ0) is 8.43. The molecule has 5 heteroatoms. The van der Waals surface area contributed by atoms with Crippen molar-refractivity contribution in [1.82, 2.24) is 0 Å². The monoisotopic (exact) mass is 196 g/mol. The molecule has 0 aliphatic carbocycles. The molecule has 0 saturated heterocycles. The van der Waals surface area contributed by atoms with E-state index in [0.29, 0.717) is 0 Å². The summed E-state index contributed by atoms with van der Waals surface area (Å²) in [6, 6.07) is 1.29. The maximum absolute atomic E-state index is 11.8. The van der Waals surface area contributed by atoms with Gasteiger partial charge in [-0.3, -0.25) is 4.79 Å². The summed E-state index contributed by atoms with van der Waals surface area (Å²) < 4.78 is 23.7. The number of hydrogen-bond donors (Lipinski definition) is 0. The number of rotatable bonds is 2. The van der Waals surface area contributed by atoms with Gasteiger partial charge in [0.15, 0.2) is 0 Å². The molecule has 0 atom stereocenters. The van der Waals surface area contributed by atoms with Gasteiger partial charge in [-0.15, -0.1) is 11.3 Å². The van der Waals surface area contributed by atoms with Crippen LogP contribution in [0.4, 0.5) is 8.78 Å². The number of Topliss-reactive ketones (excluding diaryl/α,β-unsaturated/α-hetero) is 1. The summed E-state index contributed by atoms with van der Waals surface area (Å²) in [6.07, 6.45) is -2.97. The summed E-state index contributed by atoms with van der Waals surface area (Å²) in [7, 11) is 0. The molecule has 0 N–H and O–H groups in total. The molecule has 1 rings (SSSR count). The molecule has 60 valence electrons. The van der Waals surface area contributed by atoms with Crippen LogP contribution >= 0.6 is 22.9 Å². The first-order chi connectivity index (χ1) is 5.13. The van der Waals surface area contributed by atoms with Crippen molar-refractivity contribution in [3.63, 3.8) is 0 Å². The lowest BCUT2D eigenvalue weighted by Gasteiger charge is -1.94. The van der Waals surface area contributed by atoms with E-state index < -0.39 is 12.2 Å². The van der Waals surface area contributed by atoms with E-state index in [-0.39, 0.29) is 9.90 Å². The van der Waals surface area contributed by atoms with Crippen LogP contribution < -0.4 is 0 Å². The van der Waals surface area contributed by atoms with Crippen LogP contribution in [0, 0.1) is 0 Å². The molecule has 1 nitrogen and oxygen atoms in total. The average Bonchev–Trinajstić information content (AvgIpc) is 2.33. The van der Waals surface area contributed by atoms with Crippen LogP contribution in [0.25, 0.3) is 0 Å². The van der Waals surface area contributed by atoms with E-state index >= 15 is 0 Å². The van der Waals surface area contributed by atoms with Gasteiger partial charge in [-0.2, -0.15) is 0 Å². The maximum atomic E-state index is 11.8. The van der Waals surface area contributed by atoms with Crippen LogP contribution in [0.3, 0.4) is 0 Å². The minimum Gasteiger partial charge on any atom is -0.288 e. The summed E-state index contributed by atoms with van der Waals surface area (Å²) in [4.78, 5) is 10.6. The maximum Gasteiger partial charge on any atom is 0.300 e. The van der Waals surface area contributed by atoms with Gasteiger partial charge in [-0.1, -0.05) is 11.6 Å². The van der Waals surface area contributed by atoms with Crippen LogP contribution in [0.15, 0.2) is 11.4 Å². The Kier molecular flexibility index (Phi) is 2.57. The van der Waals surface area contributed by atoms with E-state index in [4.69, 9.17) is 11.6 Å². The highest BCUT2D eigenvalue weighted by Gasteiger charge is 2.20. The summed E-state index contributed by atoms with van der Waals surface area (Å²) in [5.41, 5.74) is -0.0910. The summed E-state index contributed by atoms with van der Waals surface area (Å²) in [5.74, 6) is -1.21. The molecule has 1 heterocycles. The first kappa shape index (κ1) is 8.62. The summed E-state index contributed by atoms with van der Waals surface area (Å²) in [5, 5.41) is 1.50. The quantitative estimate of drug-likeness (QED) is 0.665. The van der Waals surface area contributed by atoms with E-state index in [1.54, 1.807) is 0 Å². The third-order valence-corrected chi connectivity index (χ3v) is 2.25. The molecule has 0 aliphatic heterocycles. The molecule has 0 spiro atoms. The minimum atomic E-state index is -2.97. The molecule has 0 saturated carbocycles. The van der Waals surface area contributed by atoms with Crippen LogP contribution in [-0.4, -0.2) is 12.2 Å². The number of halogens is 3. The standard InChI is InChI=1S/C6H3ClF2OS/c7-5-3(1-2-11-5)4(10)6(8)9/h1-2,6H. The average molecular weight is 197 g/mol. The normalized spacial score (nSPS) is 10.5. The predicted molar refractivity (Wildman–Crippen MR) is 39.7 cm³/mol. The Hall–Kier alpha value is -0.480. The number of hydrogen-bond acceptors (Lipinski definition) is 2. The predicted octanol–water partition coefficient (Wildman–Crippen LogP) is 2.85. The molecule has 0 amide bonds. The zero-order valence-electron chi connectivity index (χ0n) is 5.18. The largest absolute Gasteiger partial charge is 0.300 e. The number of thiophene rings is 1. The van der Waals surface area contributed by atoms with Crippen molar-refractivity contribution < 1.29 is 13.6 Å². The molecule has 0 bridgehead atoms. The Balaban J connectivity index is 2.93. The smallest absolute Gasteiger partial charge is 0.288 e. The molecule has 11 heavy (non-hydrogen) atoms. The van der Waals surface area contributed by atoms with Gasteiger partial charge in [-0.25, -0.2) is 8.78 Å². The molecule has 0 aliphatic rings.